The van der Waals surface area contributed by atoms with Crippen molar-refractivity contribution in [2.24, 2.45) is 0 Å². The Morgan fingerprint density at radius 3 is 2.64 bits per heavy atom. The molecule has 0 saturated carbocycles. The molecule has 1 amide bonds. The van der Waals surface area contributed by atoms with Crippen LogP contribution in [-0.4, -0.2) is 25.9 Å². The molecule has 2 aromatic carbocycles. The highest BCUT2D eigenvalue weighted by Gasteiger charge is 2.20. The van der Waals surface area contributed by atoms with Crippen molar-refractivity contribution in [1.82, 2.24) is 20.1 Å². The number of allylic oxidation sites excluding steroid dienone is 1. The molecule has 3 rings (SSSR count). The molecule has 0 bridgehead atoms. The number of halogens is 1. The molecule has 0 radical (unpaired) electrons. The van der Waals surface area contributed by atoms with E-state index in [-0.39, 0.29) is 11.2 Å². The van der Waals surface area contributed by atoms with Crippen LogP contribution < -0.4 is 5.32 Å². The van der Waals surface area contributed by atoms with Crippen LogP contribution in [0.3, 0.4) is 0 Å². The Balaban J connectivity index is 1.70. The lowest BCUT2D eigenvalue weighted by atomic mass is 10.2. The van der Waals surface area contributed by atoms with Crippen molar-refractivity contribution in [3.8, 4) is 11.4 Å². The second-order valence-corrected chi connectivity index (χ2v) is 7.86. The number of nitrogens with one attached hydrogen (secondary N) is 1. The second kappa shape index (κ2) is 9.57. The summed E-state index contributed by atoms with van der Waals surface area (Å²) in [5.74, 6) is 0.672. The average molecular weight is 413 g/mol. The molecular formula is C21H21ClN4OS. The quantitative estimate of drug-likeness (QED) is 0.434. The highest BCUT2D eigenvalue weighted by atomic mass is 35.5. The summed E-state index contributed by atoms with van der Waals surface area (Å²) in [6.07, 6.45) is 1.79. The van der Waals surface area contributed by atoms with Crippen LogP contribution in [0, 0.1) is 0 Å². The van der Waals surface area contributed by atoms with Gasteiger partial charge in [0.15, 0.2) is 11.0 Å². The maximum atomic E-state index is 12.5. The smallest absolute Gasteiger partial charge is 0.233 e. The Hall–Kier alpha value is -2.57. The zero-order chi connectivity index (χ0) is 19.9. The maximum Gasteiger partial charge on any atom is 0.233 e. The first-order valence-electron chi connectivity index (χ1n) is 8.87. The van der Waals surface area contributed by atoms with Crippen LogP contribution in [0.4, 0.5) is 0 Å². The van der Waals surface area contributed by atoms with Crippen LogP contribution in [0.5, 0.6) is 0 Å². The van der Waals surface area contributed by atoms with Crippen molar-refractivity contribution < 1.29 is 4.79 Å². The Labute approximate surface area is 173 Å². The average Bonchev–Trinajstić information content (AvgIpc) is 3.10. The van der Waals surface area contributed by atoms with E-state index in [2.05, 4.69) is 22.1 Å². The molecule has 0 spiro atoms. The fourth-order valence-corrected chi connectivity index (χ4v) is 3.74. The SMILES string of the molecule is C=CCn1c(SC(C)C(=O)NCc2ccccc2Cl)nnc1-c1ccccc1. The number of carbonyl (C=O) groups excluding carboxylic acids is 1. The standard InChI is InChI=1S/C21H21ClN4OS/c1-3-13-26-19(16-9-5-4-6-10-16)24-25-21(26)28-15(2)20(27)23-14-17-11-7-8-12-18(17)22/h3-12,15H,1,13-14H2,2H3,(H,23,27). The monoisotopic (exact) mass is 412 g/mol. The van der Waals surface area contributed by atoms with Crippen molar-refractivity contribution >= 4 is 29.3 Å². The van der Waals surface area contributed by atoms with E-state index in [1.165, 1.54) is 11.8 Å². The predicted molar refractivity (Wildman–Crippen MR) is 114 cm³/mol. The zero-order valence-corrected chi connectivity index (χ0v) is 17.1. The third-order valence-electron chi connectivity index (χ3n) is 4.12. The molecule has 0 aliphatic carbocycles. The van der Waals surface area contributed by atoms with Gasteiger partial charge in [0.25, 0.3) is 0 Å². The van der Waals surface area contributed by atoms with Gasteiger partial charge in [0.2, 0.25) is 5.91 Å². The highest BCUT2D eigenvalue weighted by molar-refractivity contribution is 8.00. The Morgan fingerprint density at radius 2 is 1.93 bits per heavy atom. The molecule has 144 valence electrons. The second-order valence-electron chi connectivity index (χ2n) is 6.14. The molecule has 0 aliphatic heterocycles. The summed E-state index contributed by atoms with van der Waals surface area (Å²) < 4.78 is 1.96. The van der Waals surface area contributed by atoms with Gasteiger partial charge < -0.3 is 5.32 Å². The number of hydrogen-bond acceptors (Lipinski definition) is 4. The van der Waals surface area contributed by atoms with E-state index in [1.807, 2.05) is 66.1 Å². The van der Waals surface area contributed by atoms with Gasteiger partial charge in [0, 0.05) is 23.7 Å². The van der Waals surface area contributed by atoms with Gasteiger partial charge in [-0.05, 0) is 18.6 Å². The maximum absolute atomic E-state index is 12.5. The molecule has 0 saturated heterocycles. The number of nitrogens with zero attached hydrogens (tertiary/aromatic N) is 3. The minimum atomic E-state index is -0.334. The number of aromatic nitrogens is 3. The van der Waals surface area contributed by atoms with Gasteiger partial charge in [-0.3, -0.25) is 9.36 Å². The summed E-state index contributed by atoms with van der Waals surface area (Å²) >= 11 is 7.52. The van der Waals surface area contributed by atoms with Gasteiger partial charge in [-0.1, -0.05) is 78.0 Å². The van der Waals surface area contributed by atoms with Gasteiger partial charge in [-0.25, -0.2) is 0 Å². The molecule has 3 aromatic rings. The third-order valence-corrected chi connectivity index (χ3v) is 5.57. The van der Waals surface area contributed by atoms with Gasteiger partial charge in [0.1, 0.15) is 0 Å². The van der Waals surface area contributed by atoms with Gasteiger partial charge in [-0.2, -0.15) is 0 Å². The van der Waals surface area contributed by atoms with Crippen molar-refractivity contribution in [2.45, 2.75) is 30.4 Å². The minimum Gasteiger partial charge on any atom is -0.351 e. The number of thioether (sulfide) groups is 1. The molecule has 0 aliphatic rings. The molecular weight excluding hydrogens is 392 g/mol. The lowest BCUT2D eigenvalue weighted by Crippen LogP contribution is -2.30. The van der Waals surface area contributed by atoms with Gasteiger partial charge in [0.05, 0.1) is 5.25 Å². The summed E-state index contributed by atoms with van der Waals surface area (Å²) in [5.41, 5.74) is 1.86. The van der Waals surface area contributed by atoms with Crippen molar-refractivity contribution in [3.05, 3.63) is 77.8 Å². The number of benzene rings is 2. The fraction of sp³-hybridized carbons (Fsp3) is 0.190. The van der Waals surface area contributed by atoms with Crippen molar-refractivity contribution in [1.29, 1.82) is 0 Å². The number of carbonyl (C=O) groups is 1. The summed E-state index contributed by atoms with van der Waals surface area (Å²) in [6.45, 7) is 6.62. The van der Waals surface area contributed by atoms with Crippen molar-refractivity contribution in [2.75, 3.05) is 0 Å². The molecule has 28 heavy (non-hydrogen) atoms. The lowest BCUT2D eigenvalue weighted by Gasteiger charge is -2.13. The van der Waals surface area contributed by atoms with Crippen LogP contribution in [0.25, 0.3) is 11.4 Å². The van der Waals surface area contributed by atoms with E-state index in [9.17, 15) is 4.79 Å². The van der Waals surface area contributed by atoms with Gasteiger partial charge >= 0.3 is 0 Å². The molecule has 5 nitrogen and oxygen atoms in total. The van der Waals surface area contributed by atoms with Crippen LogP contribution in [0.1, 0.15) is 12.5 Å². The normalized spacial score (nSPS) is 11.8. The Bertz CT molecular complexity index is 958. The highest BCUT2D eigenvalue weighted by Crippen LogP contribution is 2.27. The number of hydrogen-bond donors (Lipinski definition) is 1. The topological polar surface area (TPSA) is 59.8 Å². The summed E-state index contributed by atoms with van der Waals surface area (Å²) in [5, 5.41) is 12.5. The van der Waals surface area contributed by atoms with E-state index < -0.39 is 0 Å². The fourth-order valence-electron chi connectivity index (χ4n) is 2.65. The first kappa shape index (κ1) is 20.2. The zero-order valence-electron chi connectivity index (χ0n) is 15.5. The van der Waals surface area contributed by atoms with E-state index in [0.29, 0.717) is 23.3 Å². The predicted octanol–water partition coefficient (Wildman–Crippen LogP) is 4.58. The molecule has 1 unspecified atom stereocenters. The number of rotatable bonds is 8. The van der Waals surface area contributed by atoms with Crippen LogP contribution in [0.15, 0.2) is 72.4 Å². The number of amides is 1. The van der Waals surface area contributed by atoms with E-state index in [0.717, 1.165) is 17.0 Å². The molecule has 1 atom stereocenters. The van der Waals surface area contributed by atoms with Crippen LogP contribution in [-0.2, 0) is 17.9 Å². The summed E-state index contributed by atoms with van der Waals surface area (Å²) in [6, 6.07) is 17.3. The van der Waals surface area contributed by atoms with E-state index in [4.69, 9.17) is 11.6 Å². The first-order chi connectivity index (χ1) is 13.6. The molecule has 1 N–H and O–H groups in total. The Morgan fingerprint density at radius 1 is 1.21 bits per heavy atom. The summed E-state index contributed by atoms with van der Waals surface area (Å²) in [4.78, 5) is 12.5. The first-order valence-corrected chi connectivity index (χ1v) is 10.1. The summed E-state index contributed by atoms with van der Waals surface area (Å²) in [7, 11) is 0. The largest absolute Gasteiger partial charge is 0.351 e. The Kier molecular flexibility index (Phi) is 6.90. The molecule has 0 fully saturated rings. The van der Waals surface area contributed by atoms with Gasteiger partial charge in [-0.15, -0.1) is 16.8 Å². The molecule has 7 heteroatoms. The van der Waals surface area contributed by atoms with E-state index in [1.54, 1.807) is 6.08 Å². The van der Waals surface area contributed by atoms with Crippen LogP contribution in [0.2, 0.25) is 5.02 Å². The third kappa shape index (κ3) is 4.82. The van der Waals surface area contributed by atoms with Crippen molar-refractivity contribution in [3.63, 3.8) is 0 Å². The minimum absolute atomic E-state index is 0.0840. The molecule has 1 heterocycles. The molecule has 1 aromatic heterocycles. The lowest BCUT2D eigenvalue weighted by molar-refractivity contribution is -0.120. The van der Waals surface area contributed by atoms with E-state index >= 15 is 0 Å². The van der Waals surface area contributed by atoms with Crippen LogP contribution >= 0.6 is 23.4 Å².